The maximum Gasteiger partial charge on any atom is 0.237 e. The lowest BCUT2D eigenvalue weighted by Gasteiger charge is -2.27. The fourth-order valence-electron chi connectivity index (χ4n) is 5.87. The van der Waals surface area contributed by atoms with Gasteiger partial charge in [-0.25, -0.2) is 0 Å². The third-order valence-electron chi connectivity index (χ3n) is 7.99. The van der Waals surface area contributed by atoms with Gasteiger partial charge in [0.05, 0.1) is 18.3 Å². The molecule has 0 aromatic heterocycles. The Morgan fingerprint density at radius 2 is 1.02 bits per heavy atom. The lowest BCUT2D eigenvalue weighted by Crippen LogP contribution is -3.00. The Kier molecular flexibility index (Phi) is 9.89. The number of unbranched alkanes of at least 4 members (excludes halogenated alkanes) is 1. The van der Waals surface area contributed by atoms with E-state index in [1.807, 2.05) is 0 Å². The van der Waals surface area contributed by atoms with Crippen LogP contribution in [0.3, 0.4) is 0 Å². The number of hydrogen-bond acceptors (Lipinski definition) is 4. The van der Waals surface area contributed by atoms with Crippen molar-refractivity contribution < 1.29 is 36.4 Å². The second-order valence-corrected chi connectivity index (χ2v) is 14.2. The Labute approximate surface area is 269 Å². The Balaban J connectivity index is 0.00000384. The molecule has 0 unspecified atom stereocenters. The first-order valence-electron chi connectivity index (χ1n) is 14.5. The molecular weight excluding hydrogens is 631 g/mol. The molecule has 6 heteroatoms. The predicted octanol–water partition coefficient (Wildman–Crippen LogP) is 4.04. The third-order valence-corrected chi connectivity index (χ3v) is 12.5. The van der Waals surface area contributed by atoms with Crippen molar-refractivity contribution in [2.75, 3.05) is 12.8 Å². The lowest BCUT2D eigenvalue weighted by molar-refractivity contribution is -0.110. The third kappa shape index (κ3) is 6.04. The molecule has 1 N–H and O–H groups in total. The number of allylic oxidation sites excluding steroid dienone is 1. The molecule has 1 aliphatic carbocycles. The quantitative estimate of drug-likeness (QED) is 0.139. The summed E-state index contributed by atoms with van der Waals surface area (Å²) in [6.45, 7) is 0.552. The maximum absolute atomic E-state index is 12.8. The summed E-state index contributed by atoms with van der Waals surface area (Å²) in [4.78, 5) is 25.5. The average Bonchev–Trinajstić information content (AvgIpc) is 3.07. The molecule has 0 heterocycles. The van der Waals surface area contributed by atoms with Crippen LogP contribution in [0.25, 0.3) is 11.3 Å². The van der Waals surface area contributed by atoms with Crippen LogP contribution in [0.5, 0.6) is 5.75 Å². The van der Waals surface area contributed by atoms with Gasteiger partial charge < -0.3 is 26.8 Å². The standard InChI is InChI=1S/C38H31O4P.BrH/c39-36-33-20-10-11-21-34(33)37(40)38(41)35(36)28-22-24-29(25-23-28)42-26-12-13-27-43(30-14-4-1-5-15-30,31-16-6-2-7-17-31)32-18-8-3-9-19-32;/h1-11,14-25H,12-13,26-27H2;1H. The summed E-state index contributed by atoms with van der Waals surface area (Å²) < 4.78 is 6.09. The van der Waals surface area contributed by atoms with Gasteiger partial charge in [0.1, 0.15) is 34.7 Å². The highest BCUT2D eigenvalue weighted by atomic mass is 79.9. The van der Waals surface area contributed by atoms with Crippen LogP contribution in [-0.4, -0.2) is 29.4 Å². The summed E-state index contributed by atoms with van der Waals surface area (Å²) in [5, 5.41) is 14.9. The zero-order valence-corrected chi connectivity index (χ0v) is 26.6. The number of aliphatic hydroxyl groups is 1. The van der Waals surface area contributed by atoms with Gasteiger partial charge in [-0.2, -0.15) is 0 Å². The van der Waals surface area contributed by atoms with Gasteiger partial charge in [0, 0.05) is 11.1 Å². The van der Waals surface area contributed by atoms with Crippen LogP contribution in [0.4, 0.5) is 0 Å². The average molecular weight is 664 g/mol. The predicted molar refractivity (Wildman–Crippen MR) is 176 cm³/mol. The smallest absolute Gasteiger partial charge is 0.237 e. The summed E-state index contributed by atoms with van der Waals surface area (Å²) >= 11 is 0. The number of carbonyl (C=O) groups is 2. The maximum atomic E-state index is 12.8. The second-order valence-electron chi connectivity index (χ2n) is 10.5. The number of aliphatic hydroxyl groups excluding tert-OH is 1. The summed E-state index contributed by atoms with van der Waals surface area (Å²) in [7, 11) is -1.87. The minimum Gasteiger partial charge on any atom is -1.00 e. The Morgan fingerprint density at radius 1 is 0.545 bits per heavy atom. The van der Waals surface area contributed by atoms with Crippen LogP contribution in [0.15, 0.2) is 140 Å². The molecule has 6 rings (SSSR count). The molecule has 220 valence electrons. The number of carbonyl (C=O) groups excluding carboxylic acids is 2. The van der Waals surface area contributed by atoms with Crippen molar-refractivity contribution in [3.05, 3.63) is 156 Å². The number of benzene rings is 5. The number of ether oxygens (including phenoxy) is 1. The van der Waals surface area contributed by atoms with Crippen LogP contribution in [0, 0.1) is 0 Å². The Bertz CT molecular complexity index is 1670. The van der Waals surface area contributed by atoms with Crippen molar-refractivity contribution in [3.63, 3.8) is 0 Å². The molecule has 0 aliphatic heterocycles. The van der Waals surface area contributed by atoms with E-state index in [2.05, 4.69) is 91.0 Å². The molecule has 5 aromatic carbocycles. The van der Waals surface area contributed by atoms with Crippen LogP contribution < -0.4 is 37.6 Å². The van der Waals surface area contributed by atoms with Gasteiger partial charge in [-0.1, -0.05) is 91.0 Å². The summed E-state index contributed by atoms with van der Waals surface area (Å²) in [6, 6.07) is 46.2. The van der Waals surface area contributed by atoms with Gasteiger partial charge >= 0.3 is 0 Å². The van der Waals surface area contributed by atoms with E-state index in [-0.39, 0.29) is 33.9 Å². The van der Waals surface area contributed by atoms with Gasteiger partial charge in [0.15, 0.2) is 0 Å². The van der Waals surface area contributed by atoms with E-state index in [1.165, 1.54) is 15.9 Å². The highest BCUT2D eigenvalue weighted by Crippen LogP contribution is 2.55. The molecule has 5 aromatic rings. The van der Waals surface area contributed by atoms with E-state index >= 15 is 0 Å². The second kappa shape index (κ2) is 14.0. The minimum absolute atomic E-state index is 0. The van der Waals surface area contributed by atoms with Gasteiger partial charge in [-0.15, -0.1) is 0 Å². The molecule has 0 saturated heterocycles. The number of rotatable bonds is 10. The van der Waals surface area contributed by atoms with E-state index in [9.17, 15) is 14.7 Å². The van der Waals surface area contributed by atoms with Crippen molar-refractivity contribution in [3.8, 4) is 5.75 Å². The summed E-state index contributed by atoms with van der Waals surface area (Å²) in [6.07, 6.45) is 2.89. The number of ketones is 2. The van der Waals surface area contributed by atoms with Crippen molar-refractivity contribution in [1.29, 1.82) is 0 Å². The van der Waals surface area contributed by atoms with E-state index < -0.39 is 18.8 Å². The first-order valence-corrected chi connectivity index (χ1v) is 16.5. The molecule has 0 fully saturated rings. The number of hydrogen-bond donors (Lipinski definition) is 1. The molecule has 0 amide bonds. The molecule has 0 bridgehead atoms. The lowest BCUT2D eigenvalue weighted by atomic mass is 9.85. The van der Waals surface area contributed by atoms with Crippen LogP contribution in [-0.2, 0) is 4.79 Å². The molecule has 4 nitrogen and oxygen atoms in total. The number of halogens is 1. The topological polar surface area (TPSA) is 63.6 Å². The fourth-order valence-corrected chi connectivity index (χ4v) is 10.3. The monoisotopic (exact) mass is 662 g/mol. The zero-order chi connectivity index (χ0) is 29.6. The summed E-state index contributed by atoms with van der Waals surface area (Å²) in [5.41, 5.74) is 1.12. The van der Waals surface area contributed by atoms with Gasteiger partial charge in [0.25, 0.3) is 0 Å². The van der Waals surface area contributed by atoms with Gasteiger partial charge in [-0.3, -0.25) is 9.59 Å². The zero-order valence-electron chi connectivity index (χ0n) is 24.1. The molecular formula is C38H32BrO4P. The number of Topliss-reactive ketones (excluding diaryl/α,β-unsaturated/α-hetero) is 2. The first kappa shape index (κ1) is 31.1. The Hall–Kier alpha value is -4.31. The van der Waals surface area contributed by atoms with Crippen LogP contribution in [0.1, 0.15) is 34.3 Å². The van der Waals surface area contributed by atoms with Gasteiger partial charge in [-0.05, 0) is 66.9 Å². The van der Waals surface area contributed by atoms with Crippen molar-refractivity contribution in [2.24, 2.45) is 0 Å². The van der Waals surface area contributed by atoms with E-state index in [0.717, 1.165) is 19.0 Å². The summed E-state index contributed by atoms with van der Waals surface area (Å²) in [5.74, 6) is -0.805. The van der Waals surface area contributed by atoms with Crippen LogP contribution >= 0.6 is 7.26 Å². The molecule has 44 heavy (non-hydrogen) atoms. The molecule has 0 atom stereocenters. The minimum atomic E-state index is -1.87. The fraction of sp³-hybridized carbons (Fsp3) is 0.105. The first-order chi connectivity index (χ1) is 21.1. The molecule has 0 radical (unpaired) electrons. The molecule has 0 saturated carbocycles. The number of fused-ring (bicyclic) bond motifs is 1. The normalized spacial score (nSPS) is 12.8. The van der Waals surface area contributed by atoms with Crippen molar-refractivity contribution in [1.82, 2.24) is 0 Å². The largest absolute Gasteiger partial charge is 1.00 e. The Morgan fingerprint density at radius 3 is 1.55 bits per heavy atom. The van der Waals surface area contributed by atoms with E-state index in [0.29, 0.717) is 23.5 Å². The highest BCUT2D eigenvalue weighted by molar-refractivity contribution is 7.95. The van der Waals surface area contributed by atoms with Crippen molar-refractivity contribution >= 4 is 46.1 Å². The highest BCUT2D eigenvalue weighted by Gasteiger charge is 2.44. The van der Waals surface area contributed by atoms with E-state index in [4.69, 9.17) is 4.74 Å². The van der Waals surface area contributed by atoms with Gasteiger partial charge in [0.2, 0.25) is 11.6 Å². The van der Waals surface area contributed by atoms with Crippen LogP contribution in [0.2, 0.25) is 0 Å². The molecule has 1 aliphatic rings. The van der Waals surface area contributed by atoms with Crippen molar-refractivity contribution in [2.45, 2.75) is 12.8 Å². The molecule has 0 spiro atoms. The SMILES string of the molecule is O=C1C(=O)c2ccccc2C(O)=C1c1ccc(OCCCC[P+](c2ccccc2)(c2ccccc2)c2ccccc2)cc1.[Br-]. The van der Waals surface area contributed by atoms with E-state index in [1.54, 1.807) is 48.5 Å².